The van der Waals surface area contributed by atoms with Crippen LogP contribution in [0.1, 0.15) is 110 Å². The molecule has 0 bridgehead atoms. The second-order valence-electron chi connectivity index (χ2n) is 7.00. The molecular weight excluding hydrogens is 302 g/mol. The molecule has 4 nitrogen and oxygen atoms in total. The number of aliphatic hydroxyl groups is 1. The largest absolute Gasteiger partial charge is 0.478 e. The van der Waals surface area contributed by atoms with Gasteiger partial charge in [-0.1, -0.05) is 103 Å². The average Bonchev–Trinajstić information content (AvgIpc) is 2.57. The van der Waals surface area contributed by atoms with Crippen LogP contribution in [0.5, 0.6) is 0 Å². The third kappa shape index (κ3) is 17.7. The van der Waals surface area contributed by atoms with Gasteiger partial charge in [0, 0.05) is 0 Å². The van der Waals surface area contributed by atoms with Crippen molar-refractivity contribution in [2.75, 3.05) is 6.54 Å². The van der Waals surface area contributed by atoms with Crippen LogP contribution in [0.2, 0.25) is 0 Å². The van der Waals surface area contributed by atoms with Gasteiger partial charge >= 0.3 is 5.97 Å². The maximum absolute atomic E-state index is 10.4. The molecule has 0 spiro atoms. The normalized spacial score (nSPS) is 12.4. The smallest absolute Gasteiger partial charge is 0.347 e. The van der Waals surface area contributed by atoms with Crippen LogP contribution in [-0.2, 0) is 4.79 Å². The van der Waals surface area contributed by atoms with Crippen LogP contribution in [0.15, 0.2) is 0 Å². The van der Waals surface area contributed by atoms with E-state index in [1.807, 2.05) is 0 Å². The number of rotatable bonds is 19. The summed E-state index contributed by atoms with van der Waals surface area (Å²) in [4.78, 5) is 10.4. The van der Waals surface area contributed by atoms with Crippen molar-refractivity contribution in [1.29, 1.82) is 0 Å². The molecule has 0 saturated carbocycles. The van der Waals surface area contributed by atoms with Gasteiger partial charge in [0.15, 0.2) is 0 Å². The van der Waals surface area contributed by atoms with Crippen molar-refractivity contribution in [1.82, 2.24) is 5.32 Å². The maximum Gasteiger partial charge on any atom is 0.347 e. The van der Waals surface area contributed by atoms with Gasteiger partial charge in [-0.25, -0.2) is 4.79 Å². The van der Waals surface area contributed by atoms with E-state index in [1.54, 1.807) is 0 Å². The van der Waals surface area contributed by atoms with Crippen LogP contribution < -0.4 is 5.32 Å². The van der Waals surface area contributed by atoms with E-state index in [0.29, 0.717) is 6.54 Å². The number of hydrogen-bond acceptors (Lipinski definition) is 3. The summed E-state index contributed by atoms with van der Waals surface area (Å²) in [6.07, 6.45) is 19.8. The predicted octanol–water partition coefficient (Wildman–Crippen LogP) is 5.24. The van der Waals surface area contributed by atoms with Crippen LogP contribution in [0.25, 0.3) is 0 Å². The molecule has 4 heteroatoms. The molecule has 0 aliphatic heterocycles. The number of aliphatic hydroxyl groups excluding tert-OH is 1. The summed E-state index contributed by atoms with van der Waals surface area (Å²) in [6, 6.07) is 0. The second-order valence-corrected chi connectivity index (χ2v) is 7.00. The summed E-state index contributed by atoms with van der Waals surface area (Å²) in [5.41, 5.74) is 0. The SMILES string of the molecule is CCCCCCCCCCCCCCCCCCNC(O)C(=O)O. The Morgan fingerprint density at radius 2 is 1.04 bits per heavy atom. The van der Waals surface area contributed by atoms with Crippen molar-refractivity contribution in [3.63, 3.8) is 0 Å². The van der Waals surface area contributed by atoms with Crippen molar-refractivity contribution >= 4 is 5.97 Å². The van der Waals surface area contributed by atoms with Gasteiger partial charge in [-0.3, -0.25) is 5.32 Å². The highest BCUT2D eigenvalue weighted by Crippen LogP contribution is 2.13. The third-order valence-electron chi connectivity index (χ3n) is 4.60. The minimum atomic E-state index is -1.42. The fraction of sp³-hybridized carbons (Fsp3) is 0.950. The molecule has 0 aromatic rings. The first-order valence-electron chi connectivity index (χ1n) is 10.3. The van der Waals surface area contributed by atoms with E-state index in [4.69, 9.17) is 10.2 Å². The zero-order chi connectivity index (χ0) is 17.9. The minimum Gasteiger partial charge on any atom is -0.478 e. The number of nitrogens with one attached hydrogen (secondary N) is 1. The summed E-state index contributed by atoms with van der Waals surface area (Å²) < 4.78 is 0. The topological polar surface area (TPSA) is 69.6 Å². The van der Waals surface area contributed by atoms with Gasteiger partial charge in [0.2, 0.25) is 6.23 Å². The van der Waals surface area contributed by atoms with Gasteiger partial charge in [0.05, 0.1) is 0 Å². The number of unbranched alkanes of at least 4 members (excludes halogenated alkanes) is 15. The Balaban J connectivity index is 3.04. The first kappa shape index (κ1) is 23.4. The lowest BCUT2D eigenvalue weighted by atomic mass is 10.0. The monoisotopic (exact) mass is 343 g/mol. The van der Waals surface area contributed by atoms with E-state index in [9.17, 15) is 4.79 Å². The summed E-state index contributed by atoms with van der Waals surface area (Å²) in [7, 11) is 0. The fourth-order valence-electron chi connectivity index (χ4n) is 3.00. The molecule has 3 N–H and O–H groups in total. The third-order valence-corrected chi connectivity index (χ3v) is 4.60. The van der Waals surface area contributed by atoms with Crippen molar-refractivity contribution in [2.45, 2.75) is 116 Å². The van der Waals surface area contributed by atoms with E-state index in [0.717, 1.165) is 12.8 Å². The highest BCUT2D eigenvalue weighted by Gasteiger charge is 2.10. The molecule has 0 amide bonds. The highest BCUT2D eigenvalue weighted by molar-refractivity contribution is 5.71. The molecule has 24 heavy (non-hydrogen) atoms. The second kappa shape index (κ2) is 18.7. The molecule has 0 aliphatic carbocycles. The molecule has 1 unspecified atom stereocenters. The predicted molar refractivity (Wildman–Crippen MR) is 101 cm³/mol. The lowest BCUT2D eigenvalue weighted by molar-refractivity contribution is -0.148. The van der Waals surface area contributed by atoms with E-state index >= 15 is 0 Å². The van der Waals surface area contributed by atoms with Gasteiger partial charge in [0.25, 0.3) is 0 Å². The Morgan fingerprint density at radius 3 is 1.38 bits per heavy atom. The lowest BCUT2D eigenvalue weighted by Gasteiger charge is -2.07. The molecule has 0 radical (unpaired) electrons. The summed E-state index contributed by atoms with van der Waals surface area (Å²) in [5, 5.41) is 20.1. The Bertz CT molecular complexity index is 272. The van der Waals surface area contributed by atoms with Crippen LogP contribution in [0.3, 0.4) is 0 Å². The molecule has 0 rings (SSSR count). The van der Waals surface area contributed by atoms with Crippen molar-refractivity contribution < 1.29 is 15.0 Å². The van der Waals surface area contributed by atoms with Crippen molar-refractivity contribution in [3.05, 3.63) is 0 Å². The minimum absolute atomic E-state index is 0.575. The molecule has 0 aromatic carbocycles. The molecule has 0 heterocycles. The van der Waals surface area contributed by atoms with E-state index in [2.05, 4.69) is 12.2 Å². The summed E-state index contributed by atoms with van der Waals surface area (Å²) in [5.74, 6) is -1.20. The standard InChI is InChI=1S/C20H41NO3/c1-2-3-4-5-6-7-8-9-10-11-12-13-14-15-16-17-18-21-19(22)20(23)24/h19,21-22H,2-18H2,1H3,(H,23,24). The van der Waals surface area contributed by atoms with Crippen molar-refractivity contribution in [2.24, 2.45) is 0 Å². The van der Waals surface area contributed by atoms with E-state index in [1.165, 1.54) is 89.9 Å². The zero-order valence-corrected chi connectivity index (χ0v) is 15.9. The summed E-state index contributed by atoms with van der Waals surface area (Å²) >= 11 is 0. The average molecular weight is 344 g/mol. The number of carboxylic acid groups (broad SMARTS) is 1. The highest BCUT2D eigenvalue weighted by atomic mass is 16.4. The van der Waals surface area contributed by atoms with Gasteiger partial charge in [-0.2, -0.15) is 0 Å². The van der Waals surface area contributed by atoms with Crippen LogP contribution in [-0.4, -0.2) is 29.0 Å². The van der Waals surface area contributed by atoms with Gasteiger partial charge < -0.3 is 10.2 Å². The number of aliphatic carboxylic acids is 1. The van der Waals surface area contributed by atoms with Crippen LogP contribution >= 0.6 is 0 Å². The number of carboxylic acids is 1. The Kier molecular flexibility index (Phi) is 18.2. The Morgan fingerprint density at radius 1 is 0.708 bits per heavy atom. The lowest BCUT2D eigenvalue weighted by Crippen LogP contribution is -2.36. The molecular formula is C20H41NO3. The molecule has 0 aromatic heterocycles. The van der Waals surface area contributed by atoms with E-state index in [-0.39, 0.29) is 0 Å². The van der Waals surface area contributed by atoms with Gasteiger partial charge in [-0.05, 0) is 13.0 Å². The summed E-state index contributed by atoms with van der Waals surface area (Å²) in [6.45, 7) is 2.84. The molecule has 144 valence electrons. The van der Waals surface area contributed by atoms with Gasteiger partial charge in [0.1, 0.15) is 0 Å². The Labute approximate surface area is 149 Å². The Hall–Kier alpha value is -0.610. The zero-order valence-electron chi connectivity index (χ0n) is 15.9. The molecule has 0 fully saturated rings. The molecule has 0 saturated heterocycles. The quantitative estimate of drug-likeness (QED) is 0.221. The maximum atomic E-state index is 10.4. The number of carbonyl (C=O) groups is 1. The van der Waals surface area contributed by atoms with Crippen LogP contribution in [0.4, 0.5) is 0 Å². The fourth-order valence-corrected chi connectivity index (χ4v) is 3.00. The van der Waals surface area contributed by atoms with Gasteiger partial charge in [-0.15, -0.1) is 0 Å². The van der Waals surface area contributed by atoms with Crippen LogP contribution in [0, 0.1) is 0 Å². The molecule has 0 aliphatic rings. The molecule has 1 atom stereocenters. The van der Waals surface area contributed by atoms with E-state index < -0.39 is 12.2 Å². The first-order chi connectivity index (χ1) is 11.7. The number of hydrogen-bond donors (Lipinski definition) is 3. The van der Waals surface area contributed by atoms with Crippen molar-refractivity contribution in [3.8, 4) is 0 Å². The first-order valence-corrected chi connectivity index (χ1v) is 10.3.